The molecule has 0 amide bonds. The summed E-state index contributed by atoms with van der Waals surface area (Å²) in [6.07, 6.45) is 9.91. The summed E-state index contributed by atoms with van der Waals surface area (Å²) in [5.41, 5.74) is 5.76. The highest BCUT2D eigenvalue weighted by atomic mass is 32.2. The van der Waals surface area contributed by atoms with Crippen LogP contribution in [0.1, 0.15) is 44.9 Å². The van der Waals surface area contributed by atoms with E-state index in [0.29, 0.717) is 6.04 Å². The topological polar surface area (TPSA) is 26.0 Å². The van der Waals surface area contributed by atoms with Crippen molar-refractivity contribution in [2.45, 2.75) is 61.5 Å². The van der Waals surface area contributed by atoms with E-state index in [4.69, 9.17) is 5.73 Å². The standard InChI is InChI=1S/C10H19NS/c11-8-6-10(7-8)12-9-4-2-1-3-5-9/h8-10H,1-7,11H2. The molecule has 0 saturated heterocycles. The van der Waals surface area contributed by atoms with E-state index in [9.17, 15) is 0 Å². The fourth-order valence-electron chi connectivity index (χ4n) is 2.19. The van der Waals surface area contributed by atoms with Crippen molar-refractivity contribution in [3.63, 3.8) is 0 Å². The van der Waals surface area contributed by atoms with Crippen LogP contribution in [0.25, 0.3) is 0 Å². The van der Waals surface area contributed by atoms with Gasteiger partial charge in [-0.05, 0) is 25.7 Å². The number of nitrogens with two attached hydrogens (primary N) is 1. The second kappa shape index (κ2) is 4.01. The van der Waals surface area contributed by atoms with Crippen molar-refractivity contribution in [3.05, 3.63) is 0 Å². The maximum absolute atomic E-state index is 5.76. The molecule has 2 rings (SSSR count). The first-order valence-corrected chi connectivity index (χ1v) is 6.20. The van der Waals surface area contributed by atoms with Gasteiger partial charge in [-0.2, -0.15) is 11.8 Å². The molecule has 2 fully saturated rings. The molecule has 0 atom stereocenters. The Labute approximate surface area is 79.5 Å². The monoisotopic (exact) mass is 185 g/mol. The number of hydrogen-bond donors (Lipinski definition) is 1. The first-order valence-electron chi connectivity index (χ1n) is 5.25. The zero-order valence-electron chi connectivity index (χ0n) is 7.67. The molecule has 0 bridgehead atoms. The average molecular weight is 185 g/mol. The van der Waals surface area contributed by atoms with Crippen molar-refractivity contribution in [2.75, 3.05) is 0 Å². The molecule has 2 aliphatic rings. The summed E-state index contributed by atoms with van der Waals surface area (Å²) in [4.78, 5) is 0. The lowest BCUT2D eigenvalue weighted by Gasteiger charge is -2.35. The Morgan fingerprint density at radius 2 is 1.58 bits per heavy atom. The molecule has 2 N–H and O–H groups in total. The zero-order chi connectivity index (χ0) is 8.39. The van der Waals surface area contributed by atoms with Gasteiger partial charge in [0.15, 0.2) is 0 Å². The lowest BCUT2D eigenvalue weighted by molar-refractivity contribution is 0.427. The molecule has 2 heteroatoms. The smallest absolute Gasteiger partial charge is 0.00792 e. The third kappa shape index (κ3) is 2.17. The molecule has 1 nitrogen and oxygen atoms in total. The molecule has 0 radical (unpaired) electrons. The molecular weight excluding hydrogens is 166 g/mol. The normalized spacial score (nSPS) is 37.8. The van der Waals surface area contributed by atoms with Crippen molar-refractivity contribution < 1.29 is 0 Å². The third-order valence-corrected chi connectivity index (χ3v) is 4.69. The summed E-state index contributed by atoms with van der Waals surface area (Å²) in [5, 5.41) is 1.90. The van der Waals surface area contributed by atoms with E-state index < -0.39 is 0 Å². The number of rotatable bonds is 2. The van der Waals surface area contributed by atoms with Gasteiger partial charge in [-0.15, -0.1) is 0 Å². The molecular formula is C10H19NS. The lowest BCUT2D eigenvalue weighted by Crippen LogP contribution is -2.39. The van der Waals surface area contributed by atoms with E-state index in [1.165, 1.54) is 44.9 Å². The highest BCUT2D eigenvalue weighted by Crippen LogP contribution is 2.38. The number of hydrogen-bond acceptors (Lipinski definition) is 2. The molecule has 12 heavy (non-hydrogen) atoms. The molecule has 0 heterocycles. The molecule has 0 aliphatic heterocycles. The second-order valence-electron chi connectivity index (χ2n) is 4.25. The fourth-order valence-corrected chi connectivity index (χ4v) is 4.06. The second-order valence-corrected chi connectivity index (χ2v) is 5.86. The first kappa shape index (κ1) is 8.89. The van der Waals surface area contributed by atoms with E-state index in [1.807, 2.05) is 0 Å². The summed E-state index contributed by atoms with van der Waals surface area (Å²) in [7, 11) is 0. The minimum absolute atomic E-state index is 0.533. The van der Waals surface area contributed by atoms with Crippen LogP contribution in [-0.2, 0) is 0 Å². The highest BCUT2D eigenvalue weighted by Gasteiger charge is 2.29. The van der Waals surface area contributed by atoms with Crippen molar-refractivity contribution in [3.8, 4) is 0 Å². The van der Waals surface area contributed by atoms with Gasteiger partial charge in [0.1, 0.15) is 0 Å². The van der Waals surface area contributed by atoms with Gasteiger partial charge in [-0.1, -0.05) is 19.3 Å². The van der Waals surface area contributed by atoms with E-state index in [0.717, 1.165) is 10.5 Å². The Hall–Kier alpha value is 0.310. The SMILES string of the molecule is NC1CC(SC2CCCCC2)C1. The van der Waals surface area contributed by atoms with Gasteiger partial charge in [-0.25, -0.2) is 0 Å². The highest BCUT2D eigenvalue weighted by molar-refractivity contribution is 8.00. The van der Waals surface area contributed by atoms with E-state index >= 15 is 0 Å². The van der Waals surface area contributed by atoms with Gasteiger partial charge in [-0.3, -0.25) is 0 Å². The van der Waals surface area contributed by atoms with Crippen LogP contribution in [0.4, 0.5) is 0 Å². The molecule has 2 saturated carbocycles. The quantitative estimate of drug-likeness (QED) is 0.715. The van der Waals surface area contributed by atoms with E-state index in [1.54, 1.807) is 0 Å². The van der Waals surface area contributed by atoms with Crippen molar-refractivity contribution in [2.24, 2.45) is 5.73 Å². The average Bonchev–Trinajstić information content (AvgIpc) is 2.04. The first-order chi connectivity index (χ1) is 5.84. The Balaban J connectivity index is 1.65. The summed E-state index contributed by atoms with van der Waals surface area (Å²) in [6, 6.07) is 0.533. The number of thioether (sulfide) groups is 1. The van der Waals surface area contributed by atoms with Crippen LogP contribution in [-0.4, -0.2) is 16.5 Å². The Morgan fingerprint density at radius 1 is 0.917 bits per heavy atom. The van der Waals surface area contributed by atoms with Crippen molar-refractivity contribution >= 4 is 11.8 Å². The van der Waals surface area contributed by atoms with Crippen LogP contribution in [0.3, 0.4) is 0 Å². The predicted octanol–water partition coefficient (Wildman–Crippen LogP) is 2.54. The van der Waals surface area contributed by atoms with Gasteiger partial charge in [0.2, 0.25) is 0 Å². The van der Waals surface area contributed by atoms with Crippen molar-refractivity contribution in [1.82, 2.24) is 0 Å². The van der Waals surface area contributed by atoms with Crippen LogP contribution in [0.5, 0.6) is 0 Å². The largest absolute Gasteiger partial charge is 0.328 e. The maximum Gasteiger partial charge on any atom is 0.00792 e. The predicted molar refractivity (Wildman–Crippen MR) is 55.5 cm³/mol. The fraction of sp³-hybridized carbons (Fsp3) is 1.00. The minimum atomic E-state index is 0.533. The van der Waals surface area contributed by atoms with Crippen LogP contribution < -0.4 is 5.73 Å². The van der Waals surface area contributed by atoms with E-state index in [-0.39, 0.29) is 0 Å². The van der Waals surface area contributed by atoms with Gasteiger partial charge >= 0.3 is 0 Å². The molecule has 0 unspecified atom stereocenters. The minimum Gasteiger partial charge on any atom is -0.328 e. The van der Waals surface area contributed by atoms with Crippen LogP contribution in [0.15, 0.2) is 0 Å². The summed E-state index contributed by atoms with van der Waals surface area (Å²) >= 11 is 2.23. The van der Waals surface area contributed by atoms with E-state index in [2.05, 4.69) is 11.8 Å². The van der Waals surface area contributed by atoms with Crippen LogP contribution in [0, 0.1) is 0 Å². The maximum atomic E-state index is 5.76. The molecule has 0 aromatic carbocycles. The summed E-state index contributed by atoms with van der Waals surface area (Å²) in [5.74, 6) is 0. The van der Waals surface area contributed by atoms with Crippen LogP contribution in [0.2, 0.25) is 0 Å². The van der Waals surface area contributed by atoms with Gasteiger partial charge < -0.3 is 5.73 Å². The van der Waals surface area contributed by atoms with Crippen LogP contribution >= 0.6 is 11.8 Å². The molecule has 0 spiro atoms. The van der Waals surface area contributed by atoms with Gasteiger partial charge in [0.25, 0.3) is 0 Å². The Bertz CT molecular complexity index is 137. The van der Waals surface area contributed by atoms with Crippen molar-refractivity contribution in [1.29, 1.82) is 0 Å². The Kier molecular flexibility index (Phi) is 2.97. The summed E-state index contributed by atoms with van der Waals surface area (Å²) in [6.45, 7) is 0. The third-order valence-electron chi connectivity index (χ3n) is 3.07. The molecule has 0 aromatic heterocycles. The zero-order valence-corrected chi connectivity index (χ0v) is 8.48. The molecule has 2 aliphatic carbocycles. The molecule has 0 aromatic rings. The lowest BCUT2D eigenvalue weighted by atomic mass is 9.93. The van der Waals surface area contributed by atoms with Gasteiger partial charge in [0.05, 0.1) is 0 Å². The molecule has 70 valence electrons. The Morgan fingerprint density at radius 3 is 2.17 bits per heavy atom. The van der Waals surface area contributed by atoms with Gasteiger partial charge in [0, 0.05) is 16.5 Å². The summed E-state index contributed by atoms with van der Waals surface area (Å²) < 4.78 is 0.